The van der Waals surface area contributed by atoms with Gasteiger partial charge >= 0.3 is 12.1 Å². The molecule has 118 valence electrons. The molecule has 0 unspecified atom stereocenters. The first kappa shape index (κ1) is 15.9. The number of amides is 3. The first-order chi connectivity index (χ1) is 10.5. The number of nitrogens with two attached hydrogens (primary N) is 1. The van der Waals surface area contributed by atoms with Gasteiger partial charge in [-0.25, -0.2) is 9.59 Å². The number of benzene rings is 1. The van der Waals surface area contributed by atoms with E-state index < -0.39 is 12.1 Å². The predicted molar refractivity (Wildman–Crippen MR) is 84.2 cm³/mol. The van der Waals surface area contributed by atoms with Crippen LogP contribution in [0.3, 0.4) is 0 Å². The van der Waals surface area contributed by atoms with E-state index in [0.717, 1.165) is 29.5 Å². The van der Waals surface area contributed by atoms with Gasteiger partial charge in [-0.2, -0.15) is 0 Å². The van der Waals surface area contributed by atoms with Crippen LogP contribution in [-0.4, -0.2) is 40.6 Å². The van der Waals surface area contributed by atoms with Gasteiger partial charge in [-0.3, -0.25) is 4.90 Å². The number of carboxylic acid groups (broad SMARTS) is 1. The third-order valence-electron chi connectivity index (χ3n) is 3.83. The average molecular weight is 303 g/mol. The molecule has 2 rings (SSSR count). The van der Waals surface area contributed by atoms with E-state index in [0.29, 0.717) is 19.6 Å². The van der Waals surface area contributed by atoms with Gasteiger partial charge in [0.15, 0.2) is 0 Å². The Morgan fingerprint density at radius 1 is 1.41 bits per heavy atom. The average Bonchev–Trinajstić information content (AvgIpc) is 2.91. The van der Waals surface area contributed by atoms with Gasteiger partial charge in [-0.1, -0.05) is 30.4 Å². The number of fused-ring (bicyclic) bond motifs is 1. The van der Waals surface area contributed by atoms with E-state index in [1.54, 1.807) is 7.05 Å². The summed E-state index contributed by atoms with van der Waals surface area (Å²) in [6.45, 7) is 1.52. The summed E-state index contributed by atoms with van der Waals surface area (Å²) in [5.74, 6) is 0. The fourth-order valence-electron chi connectivity index (χ4n) is 2.51. The summed E-state index contributed by atoms with van der Waals surface area (Å²) < 4.78 is 0. The summed E-state index contributed by atoms with van der Waals surface area (Å²) in [6, 6.07) is 5.50. The number of nitrogens with zero attached hydrogens (tertiary/aromatic N) is 2. The second-order valence-corrected chi connectivity index (χ2v) is 5.43. The molecule has 0 saturated carbocycles. The maximum atomic E-state index is 11.1. The Labute approximate surface area is 129 Å². The highest BCUT2D eigenvalue weighted by Gasteiger charge is 2.23. The van der Waals surface area contributed by atoms with E-state index in [9.17, 15) is 9.59 Å². The molecule has 22 heavy (non-hydrogen) atoms. The van der Waals surface area contributed by atoms with Crippen molar-refractivity contribution in [3.05, 3.63) is 41.0 Å². The fraction of sp³-hybridized carbons (Fsp3) is 0.375. The molecule has 0 bridgehead atoms. The molecular weight excluding hydrogens is 282 g/mol. The quantitative estimate of drug-likeness (QED) is 0.819. The molecule has 1 aromatic carbocycles. The van der Waals surface area contributed by atoms with Gasteiger partial charge in [0.05, 0.1) is 6.54 Å². The number of urea groups is 1. The monoisotopic (exact) mass is 303 g/mol. The molecule has 1 heterocycles. The summed E-state index contributed by atoms with van der Waals surface area (Å²) in [5.41, 5.74) is 8.36. The maximum absolute atomic E-state index is 11.1. The Morgan fingerprint density at radius 2 is 2.18 bits per heavy atom. The van der Waals surface area contributed by atoms with Gasteiger partial charge in [-0.05, 0) is 29.5 Å². The highest BCUT2D eigenvalue weighted by atomic mass is 16.4. The van der Waals surface area contributed by atoms with Crippen LogP contribution in [0, 0.1) is 0 Å². The Bertz CT molecular complexity index is 598. The predicted octanol–water partition coefficient (Wildman–Crippen LogP) is 2.48. The number of hydrogen-bond donors (Lipinski definition) is 2. The van der Waals surface area contributed by atoms with E-state index in [4.69, 9.17) is 10.8 Å². The van der Waals surface area contributed by atoms with E-state index in [1.165, 1.54) is 9.80 Å². The zero-order chi connectivity index (χ0) is 16.1. The lowest BCUT2D eigenvalue weighted by Crippen LogP contribution is -2.32. The van der Waals surface area contributed by atoms with Crippen LogP contribution in [0.1, 0.15) is 29.5 Å². The Morgan fingerprint density at radius 3 is 2.86 bits per heavy atom. The molecule has 0 fully saturated rings. The lowest BCUT2D eigenvalue weighted by atomic mass is 10.0. The third-order valence-corrected chi connectivity index (χ3v) is 3.83. The molecule has 0 aliphatic carbocycles. The van der Waals surface area contributed by atoms with Crippen LogP contribution in [-0.2, 0) is 13.1 Å². The zero-order valence-corrected chi connectivity index (χ0v) is 12.7. The van der Waals surface area contributed by atoms with Crippen molar-refractivity contribution in [2.75, 3.05) is 13.6 Å². The molecule has 0 saturated heterocycles. The van der Waals surface area contributed by atoms with Gasteiger partial charge in [0.25, 0.3) is 0 Å². The molecular formula is C16H21N3O3. The van der Waals surface area contributed by atoms with Crippen molar-refractivity contribution < 1.29 is 14.7 Å². The number of rotatable bonds is 5. The minimum absolute atomic E-state index is 0.418. The van der Waals surface area contributed by atoms with Crippen LogP contribution in [0.15, 0.2) is 24.3 Å². The van der Waals surface area contributed by atoms with Crippen LogP contribution >= 0.6 is 0 Å². The van der Waals surface area contributed by atoms with Crippen molar-refractivity contribution in [3.63, 3.8) is 0 Å². The Hall–Kier alpha value is -2.50. The normalized spacial score (nSPS) is 13.4. The number of carbonyl (C=O) groups excluding carboxylic acids is 1. The number of hydrogen-bond acceptors (Lipinski definition) is 2. The second-order valence-electron chi connectivity index (χ2n) is 5.43. The third kappa shape index (κ3) is 3.78. The van der Waals surface area contributed by atoms with Crippen LogP contribution in [0.4, 0.5) is 9.59 Å². The van der Waals surface area contributed by atoms with E-state index >= 15 is 0 Å². The summed E-state index contributed by atoms with van der Waals surface area (Å²) in [4.78, 5) is 24.8. The number of primary amides is 1. The minimum Gasteiger partial charge on any atom is -0.465 e. The zero-order valence-electron chi connectivity index (χ0n) is 12.7. The molecule has 0 spiro atoms. The fourth-order valence-corrected chi connectivity index (χ4v) is 2.51. The van der Waals surface area contributed by atoms with Crippen LogP contribution in [0.2, 0.25) is 0 Å². The molecule has 0 aromatic heterocycles. The van der Waals surface area contributed by atoms with Crippen LogP contribution < -0.4 is 5.73 Å². The molecule has 3 amide bonds. The van der Waals surface area contributed by atoms with Crippen molar-refractivity contribution >= 4 is 18.2 Å². The van der Waals surface area contributed by atoms with Crippen molar-refractivity contribution in [2.24, 2.45) is 5.73 Å². The Balaban J connectivity index is 1.92. The first-order valence-corrected chi connectivity index (χ1v) is 7.25. The van der Waals surface area contributed by atoms with Crippen molar-refractivity contribution in [1.82, 2.24) is 9.80 Å². The number of allylic oxidation sites excluding steroid dienone is 1. The van der Waals surface area contributed by atoms with Crippen molar-refractivity contribution in [3.8, 4) is 0 Å². The summed E-state index contributed by atoms with van der Waals surface area (Å²) in [5, 5.41) is 9.08. The highest BCUT2D eigenvalue weighted by Crippen LogP contribution is 2.26. The Kier molecular flexibility index (Phi) is 5.04. The van der Waals surface area contributed by atoms with Crippen LogP contribution in [0.5, 0.6) is 0 Å². The highest BCUT2D eigenvalue weighted by molar-refractivity contribution is 5.71. The smallest absolute Gasteiger partial charge is 0.407 e. The molecule has 3 N–H and O–H groups in total. The van der Waals surface area contributed by atoms with E-state index in [1.807, 2.05) is 30.4 Å². The SMILES string of the molecule is CN(CCC/C=C/c1cccc2c1CN(C(=O)O)C2)C(N)=O. The van der Waals surface area contributed by atoms with Gasteiger partial charge in [0, 0.05) is 20.1 Å². The summed E-state index contributed by atoms with van der Waals surface area (Å²) in [6.07, 6.45) is 4.86. The van der Waals surface area contributed by atoms with Gasteiger partial charge in [-0.15, -0.1) is 0 Å². The summed E-state index contributed by atoms with van der Waals surface area (Å²) in [7, 11) is 1.68. The molecule has 6 heteroatoms. The first-order valence-electron chi connectivity index (χ1n) is 7.25. The minimum atomic E-state index is -0.888. The molecule has 0 radical (unpaired) electrons. The summed E-state index contributed by atoms with van der Waals surface area (Å²) >= 11 is 0. The molecule has 0 atom stereocenters. The van der Waals surface area contributed by atoms with E-state index in [-0.39, 0.29) is 0 Å². The standard InChI is InChI=1S/C16H21N3O3/c1-18(15(17)20)9-4-2-3-6-12-7-5-8-13-10-19(16(21)22)11-14(12)13/h3,5-8H,2,4,9-11H2,1H3,(H2,17,20)(H,21,22)/b6-3+. The van der Waals surface area contributed by atoms with Crippen molar-refractivity contribution in [1.29, 1.82) is 0 Å². The maximum Gasteiger partial charge on any atom is 0.407 e. The molecule has 1 aromatic rings. The van der Waals surface area contributed by atoms with Crippen molar-refractivity contribution in [2.45, 2.75) is 25.9 Å². The van der Waals surface area contributed by atoms with Gasteiger partial charge < -0.3 is 15.7 Å². The molecule has 6 nitrogen and oxygen atoms in total. The van der Waals surface area contributed by atoms with Gasteiger partial charge in [0.2, 0.25) is 0 Å². The second kappa shape index (κ2) is 6.98. The topological polar surface area (TPSA) is 86.9 Å². The molecule has 1 aliphatic heterocycles. The number of unbranched alkanes of at least 4 members (excludes halogenated alkanes) is 1. The number of carbonyl (C=O) groups is 2. The van der Waals surface area contributed by atoms with Gasteiger partial charge in [0.1, 0.15) is 0 Å². The molecule has 1 aliphatic rings. The lowest BCUT2D eigenvalue weighted by molar-refractivity contribution is 0.145. The van der Waals surface area contributed by atoms with Crippen LogP contribution in [0.25, 0.3) is 6.08 Å². The van der Waals surface area contributed by atoms with E-state index in [2.05, 4.69) is 0 Å². The lowest BCUT2D eigenvalue weighted by Gasteiger charge is -2.12. The largest absolute Gasteiger partial charge is 0.465 e.